The smallest absolute Gasteiger partial charge is 0.389 e. The summed E-state index contributed by atoms with van der Waals surface area (Å²) >= 11 is 0. The lowest BCUT2D eigenvalue weighted by atomic mass is 9.72. The van der Waals surface area contributed by atoms with E-state index in [1.54, 1.807) is 48.5 Å². The Hall–Kier alpha value is -3.83. The van der Waals surface area contributed by atoms with Gasteiger partial charge in [0.2, 0.25) is 17.7 Å². The number of hydrogen-bond acceptors (Lipinski definition) is 5. The first kappa shape index (κ1) is 30.6. The van der Waals surface area contributed by atoms with Crippen molar-refractivity contribution in [2.24, 2.45) is 28.5 Å². The minimum Gasteiger partial charge on any atom is -0.490 e. The van der Waals surface area contributed by atoms with E-state index >= 15 is 0 Å². The Labute approximate surface area is 245 Å². The third-order valence-corrected chi connectivity index (χ3v) is 8.14. The van der Waals surface area contributed by atoms with Crippen LogP contribution < -0.4 is 15.8 Å². The number of Topliss-reactive ketones (excluding diaryl/α,β-unsaturated/α-hetero) is 1. The minimum absolute atomic E-state index is 0.0354. The third-order valence-electron chi connectivity index (χ3n) is 8.14. The van der Waals surface area contributed by atoms with Gasteiger partial charge >= 0.3 is 6.18 Å². The topological polar surface area (TPSA) is 111 Å². The van der Waals surface area contributed by atoms with E-state index in [-0.39, 0.29) is 18.9 Å². The number of carbonyl (C=O) groups is 3. The Morgan fingerprint density at radius 1 is 1.05 bits per heavy atom. The van der Waals surface area contributed by atoms with Crippen LogP contribution in [0.3, 0.4) is 0 Å². The zero-order valence-corrected chi connectivity index (χ0v) is 23.2. The van der Waals surface area contributed by atoms with E-state index in [0.29, 0.717) is 28.2 Å². The van der Waals surface area contributed by atoms with Crippen molar-refractivity contribution in [3.05, 3.63) is 65.2 Å². The van der Waals surface area contributed by atoms with Gasteiger partial charge in [0.15, 0.2) is 11.9 Å². The zero-order chi connectivity index (χ0) is 30.9. The number of nitrogens with one attached hydrogen (secondary N) is 1. The van der Waals surface area contributed by atoms with Gasteiger partial charge in [-0.25, -0.2) is 8.78 Å². The molecule has 12 heteroatoms. The van der Waals surface area contributed by atoms with Crippen LogP contribution in [0, 0.1) is 17.8 Å². The van der Waals surface area contributed by atoms with Crippen LogP contribution in [0.4, 0.5) is 22.0 Å². The summed E-state index contributed by atoms with van der Waals surface area (Å²) < 4.78 is 72.8. The maximum atomic E-state index is 13.6. The second-order valence-electron chi connectivity index (χ2n) is 11.6. The van der Waals surface area contributed by atoms with Gasteiger partial charge in [0.1, 0.15) is 5.75 Å². The normalized spacial score (nSPS) is 21.5. The molecule has 2 amide bonds. The summed E-state index contributed by atoms with van der Waals surface area (Å²) in [4.78, 5) is 44.2. The standard InChI is InChI=1S/C31H32F5N3O4/c32-30(33)15-17(16-30)13-23(27(37)41)21(11-12-31(34,35)36)29(42)39-28-24(40)14-22-20(7-4-8-25(22)43-19-9-10-19)26(38-28)18-5-2-1-3-6-18/h1-8,17,19,21,23,28H,9-16H2,(H2,37,41)(H,39,42)/t21-,23+,28-/m1/s1. The second-order valence-corrected chi connectivity index (χ2v) is 11.6. The van der Waals surface area contributed by atoms with Crippen LogP contribution in [0.25, 0.3) is 0 Å². The van der Waals surface area contributed by atoms with Crippen molar-refractivity contribution >= 4 is 23.3 Å². The first-order valence-corrected chi connectivity index (χ1v) is 14.3. The molecule has 1 aliphatic heterocycles. The molecule has 0 aromatic heterocycles. The molecular weight excluding hydrogens is 573 g/mol. The lowest BCUT2D eigenvalue weighted by molar-refractivity contribution is -0.149. The molecule has 2 aliphatic carbocycles. The summed E-state index contributed by atoms with van der Waals surface area (Å²) in [6, 6.07) is 14.2. The van der Waals surface area contributed by atoms with Gasteiger partial charge in [-0.05, 0) is 37.7 Å². The Kier molecular flexibility index (Phi) is 8.58. The highest BCUT2D eigenvalue weighted by Gasteiger charge is 2.48. The van der Waals surface area contributed by atoms with E-state index in [4.69, 9.17) is 10.5 Å². The van der Waals surface area contributed by atoms with Crippen molar-refractivity contribution in [3.63, 3.8) is 0 Å². The largest absolute Gasteiger partial charge is 0.490 e. The number of ether oxygens (including phenoxy) is 1. The molecule has 0 spiro atoms. The van der Waals surface area contributed by atoms with Crippen LogP contribution in [-0.4, -0.2) is 47.7 Å². The molecule has 3 aliphatic rings. The second kappa shape index (κ2) is 12.0. The summed E-state index contributed by atoms with van der Waals surface area (Å²) in [5.74, 6) is -8.73. The van der Waals surface area contributed by atoms with Crippen LogP contribution in [0.1, 0.15) is 61.6 Å². The minimum atomic E-state index is -4.65. The van der Waals surface area contributed by atoms with E-state index in [0.717, 1.165) is 12.8 Å². The summed E-state index contributed by atoms with van der Waals surface area (Å²) in [6.07, 6.45) is -8.06. The molecule has 1 heterocycles. The number of alkyl halides is 5. The molecular formula is C31H32F5N3O4. The van der Waals surface area contributed by atoms with Crippen molar-refractivity contribution in [1.29, 1.82) is 0 Å². The molecule has 0 saturated heterocycles. The van der Waals surface area contributed by atoms with Gasteiger partial charge in [0, 0.05) is 54.2 Å². The maximum Gasteiger partial charge on any atom is 0.389 e. The van der Waals surface area contributed by atoms with Gasteiger partial charge in [0.05, 0.1) is 11.8 Å². The van der Waals surface area contributed by atoms with Gasteiger partial charge in [-0.15, -0.1) is 0 Å². The fourth-order valence-corrected chi connectivity index (χ4v) is 5.79. The fourth-order valence-electron chi connectivity index (χ4n) is 5.79. The SMILES string of the molecule is NC(=O)[C@@H](CC1CC(F)(F)C1)[C@@H](CCC(F)(F)F)C(=O)N[C@H]1N=C(c2ccccc2)c2cccc(OC3CC3)c2CC1=O. The molecule has 3 atom stereocenters. The molecule has 2 saturated carbocycles. The molecule has 0 radical (unpaired) electrons. The number of ketones is 1. The molecule has 0 bridgehead atoms. The molecule has 43 heavy (non-hydrogen) atoms. The lowest BCUT2D eigenvalue weighted by Crippen LogP contribution is -2.48. The van der Waals surface area contributed by atoms with Crippen molar-refractivity contribution in [1.82, 2.24) is 5.32 Å². The first-order chi connectivity index (χ1) is 20.3. The number of rotatable bonds is 11. The first-order valence-electron chi connectivity index (χ1n) is 14.3. The van der Waals surface area contributed by atoms with E-state index in [1.165, 1.54) is 0 Å². The Balaban J connectivity index is 1.46. The van der Waals surface area contributed by atoms with E-state index in [9.17, 15) is 36.3 Å². The number of hydrogen-bond donors (Lipinski definition) is 2. The molecule has 230 valence electrons. The molecule has 2 aromatic rings. The number of fused-ring (bicyclic) bond motifs is 1. The monoisotopic (exact) mass is 605 g/mol. The molecule has 5 rings (SSSR count). The quantitative estimate of drug-likeness (QED) is 0.346. The lowest BCUT2D eigenvalue weighted by Gasteiger charge is -2.38. The molecule has 0 unspecified atom stereocenters. The number of nitrogens with zero attached hydrogens (tertiary/aromatic N) is 1. The van der Waals surface area contributed by atoms with Crippen LogP contribution in [0.5, 0.6) is 5.75 Å². The van der Waals surface area contributed by atoms with Crippen LogP contribution in [-0.2, 0) is 20.8 Å². The highest BCUT2D eigenvalue weighted by Crippen LogP contribution is 2.46. The Morgan fingerprint density at radius 2 is 1.74 bits per heavy atom. The highest BCUT2D eigenvalue weighted by molar-refractivity contribution is 6.16. The average Bonchev–Trinajstić information content (AvgIpc) is 3.75. The number of amides is 2. The third kappa shape index (κ3) is 7.58. The number of halogens is 5. The van der Waals surface area contributed by atoms with Crippen LogP contribution in [0.15, 0.2) is 53.5 Å². The van der Waals surface area contributed by atoms with Gasteiger partial charge < -0.3 is 15.8 Å². The van der Waals surface area contributed by atoms with Crippen LogP contribution in [0.2, 0.25) is 0 Å². The van der Waals surface area contributed by atoms with E-state index in [1.807, 2.05) is 0 Å². The average molecular weight is 606 g/mol. The van der Waals surface area contributed by atoms with Crippen molar-refractivity contribution in [2.75, 3.05) is 0 Å². The molecule has 3 N–H and O–H groups in total. The van der Waals surface area contributed by atoms with Gasteiger partial charge in [-0.2, -0.15) is 13.2 Å². The summed E-state index contributed by atoms with van der Waals surface area (Å²) in [6.45, 7) is 0. The molecule has 7 nitrogen and oxygen atoms in total. The predicted octanol–water partition coefficient (Wildman–Crippen LogP) is 5.13. The summed E-state index contributed by atoms with van der Waals surface area (Å²) in [5.41, 5.74) is 7.72. The van der Waals surface area contributed by atoms with E-state index in [2.05, 4.69) is 10.3 Å². The number of nitrogens with two attached hydrogens (primary N) is 1. The number of benzene rings is 2. The fraction of sp³-hybridized carbons (Fsp3) is 0.484. The highest BCUT2D eigenvalue weighted by atomic mass is 19.4. The number of primary amides is 1. The van der Waals surface area contributed by atoms with Gasteiger partial charge in [0.25, 0.3) is 0 Å². The van der Waals surface area contributed by atoms with Gasteiger partial charge in [-0.1, -0.05) is 42.5 Å². The zero-order valence-electron chi connectivity index (χ0n) is 23.2. The number of carbonyl (C=O) groups excluding carboxylic acids is 3. The molecule has 2 aromatic carbocycles. The van der Waals surface area contributed by atoms with Crippen molar-refractivity contribution in [3.8, 4) is 5.75 Å². The predicted molar refractivity (Wildman–Crippen MR) is 147 cm³/mol. The Bertz CT molecular complexity index is 1400. The van der Waals surface area contributed by atoms with Crippen LogP contribution >= 0.6 is 0 Å². The van der Waals surface area contributed by atoms with Crippen molar-refractivity contribution < 1.29 is 41.1 Å². The maximum absolute atomic E-state index is 13.6. The van der Waals surface area contributed by atoms with Crippen molar-refractivity contribution in [2.45, 2.75) is 75.7 Å². The van der Waals surface area contributed by atoms with E-state index < -0.39 is 79.3 Å². The van der Waals surface area contributed by atoms with Gasteiger partial charge in [-0.3, -0.25) is 19.4 Å². The molecule has 2 fully saturated rings. The summed E-state index contributed by atoms with van der Waals surface area (Å²) in [5, 5.41) is 2.47. The summed E-state index contributed by atoms with van der Waals surface area (Å²) in [7, 11) is 0. The Morgan fingerprint density at radius 3 is 2.35 bits per heavy atom. The number of aliphatic imine (C=N–C) groups is 1.